The van der Waals surface area contributed by atoms with Gasteiger partial charge < -0.3 is 20.3 Å². The average molecular weight is 239 g/mol. The Labute approximate surface area is 102 Å². The van der Waals surface area contributed by atoms with Crippen molar-refractivity contribution in [2.45, 2.75) is 32.4 Å². The number of nitrogens with two attached hydrogens (primary N) is 1. The Morgan fingerprint density at radius 1 is 1.35 bits per heavy atom. The van der Waals surface area contributed by atoms with E-state index < -0.39 is 6.10 Å². The van der Waals surface area contributed by atoms with Crippen molar-refractivity contribution in [2.75, 3.05) is 13.7 Å². The summed E-state index contributed by atoms with van der Waals surface area (Å²) in [5.41, 5.74) is 6.94. The molecule has 0 aliphatic carbocycles. The normalized spacial score (nSPS) is 14.2. The SMILES string of the molecule is CCOc1cc(C(N)C[C@H](C)O)ccc1OC. The topological polar surface area (TPSA) is 64.7 Å². The summed E-state index contributed by atoms with van der Waals surface area (Å²) in [4.78, 5) is 0. The molecule has 2 atom stereocenters. The summed E-state index contributed by atoms with van der Waals surface area (Å²) in [5.74, 6) is 1.38. The maximum atomic E-state index is 9.32. The Morgan fingerprint density at radius 3 is 2.59 bits per heavy atom. The van der Waals surface area contributed by atoms with Crippen LogP contribution < -0.4 is 15.2 Å². The second-order valence-corrected chi connectivity index (χ2v) is 4.03. The first-order valence-electron chi connectivity index (χ1n) is 5.82. The largest absolute Gasteiger partial charge is 0.493 e. The smallest absolute Gasteiger partial charge is 0.161 e. The van der Waals surface area contributed by atoms with E-state index in [1.54, 1.807) is 14.0 Å². The number of hydrogen-bond donors (Lipinski definition) is 2. The number of hydrogen-bond acceptors (Lipinski definition) is 4. The van der Waals surface area contributed by atoms with Crippen molar-refractivity contribution in [1.29, 1.82) is 0 Å². The van der Waals surface area contributed by atoms with Gasteiger partial charge in [0.25, 0.3) is 0 Å². The second kappa shape index (κ2) is 6.47. The number of methoxy groups -OCH3 is 1. The van der Waals surface area contributed by atoms with Gasteiger partial charge in [-0.05, 0) is 38.0 Å². The molecule has 1 aromatic rings. The zero-order valence-corrected chi connectivity index (χ0v) is 10.6. The molecule has 0 spiro atoms. The lowest BCUT2D eigenvalue weighted by Gasteiger charge is -2.16. The Balaban J connectivity index is 2.90. The molecule has 0 bridgehead atoms. The van der Waals surface area contributed by atoms with Crippen LogP contribution in [0.3, 0.4) is 0 Å². The van der Waals surface area contributed by atoms with Crippen LogP contribution in [0.2, 0.25) is 0 Å². The Hall–Kier alpha value is -1.26. The Bertz CT molecular complexity index is 353. The van der Waals surface area contributed by atoms with Crippen LogP contribution in [0, 0.1) is 0 Å². The van der Waals surface area contributed by atoms with Crippen molar-refractivity contribution in [3.05, 3.63) is 23.8 Å². The van der Waals surface area contributed by atoms with Crippen molar-refractivity contribution < 1.29 is 14.6 Å². The monoisotopic (exact) mass is 239 g/mol. The predicted octanol–water partition coefficient (Wildman–Crippen LogP) is 1.86. The van der Waals surface area contributed by atoms with Gasteiger partial charge in [-0.15, -0.1) is 0 Å². The molecule has 0 aromatic heterocycles. The van der Waals surface area contributed by atoms with Crippen LogP contribution in [0.4, 0.5) is 0 Å². The third-order valence-corrected chi connectivity index (χ3v) is 2.51. The zero-order chi connectivity index (χ0) is 12.8. The fraction of sp³-hybridized carbons (Fsp3) is 0.538. The molecular weight excluding hydrogens is 218 g/mol. The van der Waals surface area contributed by atoms with Gasteiger partial charge in [0.05, 0.1) is 19.8 Å². The van der Waals surface area contributed by atoms with E-state index in [1.807, 2.05) is 25.1 Å². The maximum Gasteiger partial charge on any atom is 0.161 e. The van der Waals surface area contributed by atoms with E-state index in [-0.39, 0.29) is 6.04 Å². The summed E-state index contributed by atoms with van der Waals surface area (Å²) in [7, 11) is 1.60. The summed E-state index contributed by atoms with van der Waals surface area (Å²) in [5, 5.41) is 9.32. The zero-order valence-electron chi connectivity index (χ0n) is 10.6. The third-order valence-electron chi connectivity index (χ3n) is 2.51. The number of aliphatic hydroxyl groups excluding tert-OH is 1. The second-order valence-electron chi connectivity index (χ2n) is 4.03. The lowest BCUT2D eigenvalue weighted by molar-refractivity contribution is 0.175. The van der Waals surface area contributed by atoms with Gasteiger partial charge in [0, 0.05) is 6.04 Å². The molecule has 0 fully saturated rings. The number of ether oxygens (including phenoxy) is 2. The molecule has 0 amide bonds. The fourth-order valence-corrected chi connectivity index (χ4v) is 1.70. The number of rotatable bonds is 6. The van der Waals surface area contributed by atoms with Crippen LogP contribution in [-0.2, 0) is 0 Å². The highest BCUT2D eigenvalue weighted by Crippen LogP contribution is 2.30. The van der Waals surface area contributed by atoms with Gasteiger partial charge >= 0.3 is 0 Å². The molecule has 4 heteroatoms. The van der Waals surface area contributed by atoms with Crippen LogP contribution in [-0.4, -0.2) is 24.9 Å². The molecule has 1 rings (SSSR count). The molecule has 0 aliphatic rings. The standard InChI is InChI=1S/C13H21NO3/c1-4-17-13-8-10(5-6-12(13)16-3)11(14)7-9(2)15/h5-6,8-9,11,15H,4,7,14H2,1-3H3/t9-,11?/m0/s1. The van der Waals surface area contributed by atoms with Crippen molar-refractivity contribution in [3.8, 4) is 11.5 Å². The van der Waals surface area contributed by atoms with Crippen molar-refractivity contribution in [3.63, 3.8) is 0 Å². The van der Waals surface area contributed by atoms with Gasteiger partial charge in [-0.3, -0.25) is 0 Å². The van der Waals surface area contributed by atoms with Gasteiger partial charge in [0.1, 0.15) is 0 Å². The Kier molecular flexibility index (Phi) is 5.25. The molecule has 4 nitrogen and oxygen atoms in total. The van der Waals surface area contributed by atoms with Crippen molar-refractivity contribution >= 4 is 0 Å². The number of aliphatic hydroxyl groups is 1. The van der Waals surface area contributed by atoms with Crippen molar-refractivity contribution in [2.24, 2.45) is 5.73 Å². The van der Waals surface area contributed by atoms with Crippen LogP contribution in [0.15, 0.2) is 18.2 Å². The highest BCUT2D eigenvalue weighted by atomic mass is 16.5. The molecule has 0 saturated carbocycles. The molecule has 0 aliphatic heterocycles. The first-order chi connectivity index (χ1) is 8.08. The predicted molar refractivity (Wildman–Crippen MR) is 67.4 cm³/mol. The van der Waals surface area contributed by atoms with Crippen LogP contribution >= 0.6 is 0 Å². The first kappa shape index (κ1) is 13.8. The quantitative estimate of drug-likeness (QED) is 0.795. The molecule has 3 N–H and O–H groups in total. The van der Waals surface area contributed by atoms with E-state index in [0.717, 1.165) is 5.56 Å². The Morgan fingerprint density at radius 2 is 2.06 bits per heavy atom. The van der Waals surface area contributed by atoms with Gasteiger partial charge in [-0.25, -0.2) is 0 Å². The van der Waals surface area contributed by atoms with Gasteiger partial charge in [-0.2, -0.15) is 0 Å². The van der Waals surface area contributed by atoms with Crippen molar-refractivity contribution in [1.82, 2.24) is 0 Å². The van der Waals surface area contributed by atoms with E-state index >= 15 is 0 Å². The van der Waals surface area contributed by atoms with E-state index in [2.05, 4.69) is 0 Å². The van der Waals surface area contributed by atoms with Gasteiger partial charge in [0.15, 0.2) is 11.5 Å². The molecule has 17 heavy (non-hydrogen) atoms. The summed E-state index contributed by atoms with van der Waals surface area (Å²) in [6, 6.07) is 5.41. The van der Waals surface area contributed by atoms with E-state index in [4.69, 9.17) is 15.2 Å². The third kappa shape index (κ3) is 3.91. The maximum absolute atomic E-state index is 9.32. The molecule has 0 radical (unpaired) electrons. The molecule has 1 aromatic carbocycles. The average Bonchev–Trinajstić information content (AvgIpc) is 2.28. The lowest BCUT2D eigenvalue weighted by atomic mass is 10.0. The molecule has 0 saturated heterocycles. The molecular formula is C13H21NO3. The minimum Gasteiger partial charge on any atom is -0.493 e. The molecule has 1 unspecified atom stereocenters. The minimum absolute atomic E-state index is 0.194. The van der Waals surface area contributed by atoms with Crippen LogP contribution in [0.1, 0.15) is 31.9 Å². The highest BCUT2D eigenvalue weighted by Gasteiger charge is 2.12. The first-order valence-corrected chi connectivity index (χ1v) is 5.82. The molecule has 96 valence electrons. The lowest BCUT2D eigenvalue weighted by Crippen LogP contribution is -2.16. The fourth-order valence-electron chi connectivity index (χ4n) is 1.70. The minimum atomic E-state index is -0.414. The highest BCUT2D eigenvalue weighted by molar-refractivity contribution is 5.43. The van der Waals surface area contributed by atoms with E-state index in [0.29, 0.717) is 24.5 Å². The molecule has 0 heterocycles. The number of benzene rings is 1. The van der Waals surface area contributed by atoms with E-state index in [1.165, 1.54) is 0 Å². The van der Waals surface area contributed by atoms with Crippen LogP contribution in [0.5, 0.6) is 11.5 Å². The van der Waals surface area contributed by atoms with Crippen LogP contribution in [0.25, 0.3) is 0 Å². The van der Waals surface area contributed by atoms with Gasteiger partial charge in [0.2, 0.25) is 0 Å². The summed E-state index contributed by atoms with van der Waals surface area (Å²) in [6.45, 7) is 4.22. The van der Waals surface area contributed by atoms with E-state index in [9.17, 15) is 5.11 Å². The summed E-state index contributed by atoms with van der Waals surface area (Å²) < 4.78 is 10.7. The van der Waals surface area contributed by atoms with Gasteiger partial charge in [-0.1, -0.05) is 6.07 Å². The summed E-state index contributed by atoms with van der Waals surface area (Å²) in [6.07, 6.45) is 0.111. The summed E-state index contributed by atoms with van der Waals surface area (Å²) >= 11 is 0.